The van der Waals surface area contributed by atoms with Crippen LogP contribution in [0, 0.1) is 6.92 Å². The molecule has 0 N–H and O–H groups in total. The van der Waals surface area contributed by atoms with Crippen molar-refractivity contribution in [3.63, 3.8) is 0 Å². The summed E-state index contributed by atoms with van der Waals surface area (Å²) in [6.45, 7) is 5.56. The molecule has 1 aromatic heterocycles. The smallest absolute Gasteiger partial charge is 0.245 e. The molecule has 1 amide bonds. The third-order valence-corrected chi connectivity index (χ3v) is 5.18. The first-order valence-electron chi connectivity index (χ1n) is 7.04. The summed E-state index contributed by atoms with van der Waals surface area (Å²) >= 11 is 0. The van der Waals surface area contributed by atoms with Crippen LogP contribution in [0.15, 0.2) is 12.4 Å². The zero-order chi connectivity index (χ0) is 15.6. The molecule has 1 aromatic rings. The first kappa shape index (κ1) is 16.0. The van der Waals surface area contributed by atoms with E-state index >= 15 is 0 Å². The van der Waals surface area contributed by atoms with Gasteiger partial charge < -0.3 is 9.47 Å². The van der Waals surface area contributed by atoms with Crippen LogP contribution < -0.4 is 0 Å². The average Bonchev–Trinajstić information content (AvgIpc) is 2.69. The van der Waals surface area contributed by atoms with Gasteiger partial charge in [-0.3, -0.25) is 4.79 Å². The molecule has 0 aliphatic carbocycles. The molecule has 0 saturated carbocycles. The van der Waals surface area contributed by atoms with Gasteiger partial charge >= 0.3 is 0 Å². The maximum absolute atomic E-state index is 12.6. The first-order chi connectivity index (χ1) is 9.80. The highest BCUT2D eigenvalue weighted by molar-refractivity contribution is 7.88. The molecule has 1 aliphatic heterocycles. The quantitative estimate of drug-likeness (QED) is 0.801. The summed E-state index contributed by atoms with van der Waals surface area (Å²) in [6.07, 6.45) is 5.34. The Morgan fingerprint density at radius 1 is 1.29 bits per heavy atom. The van der Waals surface area contributed by atoms with Gasteiger partial charge in [-0.2, -0.15) is 0 Å². The van der Waals surface area contributed by atoms with Gasteiger partial charge in [0.15, 0.2) is 0 Å². The molecule has 1 fully saturated rings. The van der Waals surface area contributed by atoms with Crippen LogP contribution in [0.4, 0.5) is 0 Å². The Balaban J connectivity index is 2.05. The fourth-order valence-corrected chi connectivity index (χ4v) is 3.50. The molecule has 0 spiro atoms. The monoisotopic (exact) mass is 314 g/mol. The van der Waals surface area contributed by atoms with E-state index in [0.29, 0.717) is 32.6 Å². The zero-order valence-electron chi connectivity index (χ0n) is 12.7. The summed E-state index contributed by atoms with van der Waals surface area (Å²) in [4.78, 5) is 18.4. The van der Waals surface area contributed by atoms with E-state index in [4.69, 9.17) is 0 Å². The number of carbonyl (C=O) groups excluding carboxylic acids is 1. The van der Waals surface area contributed by atoms with Crippen molar-refractivity contribution < 1.29 is 13.2 Å². The van der Waals surface area contributed by atoms with Gasteiger partial charge in [0.2, 0.25) is 15.9 Å². The highest BCUT2D eigenvalue weighted by Crippen LogP contribution is 2.15. The Hall–Kier alpha value is -1.41. The Labute approximate surface area is 125 Å². The van der Waals surface area contributed by atoms with Gasteiger partial charge in [0.25, 0.3) is 0 Å². The molecule has 1 aliphatic rings. The van der Waals surface area contributed by atoms with Crippen molar-refractivity contribution in [3.8, 4) is 0 Å². The molecule has 118 valence electrons. The van der Waals surface area contributed by atoms with Crippen LogP contribution in [0.1, 0.15) is 25.2 Å². The number of amides is 1. The minimum Gasteiger partial charge on any atom is -0.340 e. The van der Waals surface area contributed by atoms with Crippen LogP contribution in [0.3, 0.4) is 0 Å². The molecule has 0 aromatic carbocycles. The lowest BCUT2D eigenvalue weighted by Crippen LogP contribution is -2.39. The molecule has 1 atom stereocenters. The third-order valence-electron chi connectivity index (χ3n) is 3.87. The number of imidazole rings is 1. The van der Waals surface area contributed by atoms with Crippen LogP contribution in [-0.2, 0) is 14.8 Å². The van der Waals surface area contributed by atoms with Crippen LogP contribution in [0.2, 0.25) is 0 Å². The predicted molar refractivity (Wildman–Crippen MR) is 79.3 cm³/mol. The standard InChI is InChI=1S/C13H22N4O3S/c1-11(17-8-5-14-12(17)2)13(18)15-6-4-7-16(10-9-15)21(3,19)20/h5,8,11H,4,6-7,9-10H2,1-3H3/t11-/m0/s1. The van der Waals surface area contributed by atoms with Gasteiger partial charge in [0, 0.05) is 38.6 Å². The molecule has 0 radical (unpaired) electrons. The number of nitrogens with zero attached hydrogens (tertiary/aromatic N) is 4. The summed E-state index contributed by atoms with van der Waals surface area (Å²) in [5.41, 5.74) is 0. The second-order valence-corrected chi connectivity index (χ2v) is 7.38. The second kappa shape index (κ2) is 6.15. The molecule has 1 saturated heterocycles. The molecule has 8 heteroatoms. The molecular weight excluding hydrogens is 292 g/mol. The summed E-state index contributed by atoms with van der Waals surface area (Å²) in [5, 5.41) is 0. The van der Waals surface area contributed by atoms with Crippen molar-refractivity contribution in [1.82, 2.24) is 18.8 Å². The summed E-state index contributed by atoms with van der Waals surface area (Å²) in [5.74, 6) is 0.801. The maximum atomic E-state index is 12.6. The van der Waals surface area contributed by atoms with E-state index in [0.717, 1.165) is 5.82 Å². The Morgan fingerprint density at radius 3 is 2.57 bits per heavy atom. The van der Waals surface area contributed by atoms with Crippen LogP contribution in [-0.4, -0.2) is 65.5 Å². The number of hydrogen-bond donors (Lipinski definition) is 0. The summed E-state index contributed by atoms with van der Waals surface area (Å²) in [6, 6.07) is -0.322. The van der Waals surface area contributed by atoms with Crippen molar-refractivity contribution in [1.29, 1.82) is 0 Å². The minimum atomic E-state index is -3.19. The normalized spacial score (nSPS) is 19.3. The van der Waals surface area contributed by atoms with Gasteiger partial charge in [-0.25, -0.2) is 17.7 Å². The van der Waals surface area contributed by atoms with E-state index < -0.39 is 10.0 Å². The number of rotatable bonds is 3. The Morgan fingerprint density at radius 2 is 2.00 bits per heavy atom. The molecule has 0 unspecified atom stereocenters. The fraction of sp³-hybridized carbons (Fsp3) is 0.692. The molecular formula is C13H22N4O3S. The van der Waals surface area contributed by atoms with Crippen molar-refractivity contribution in [2.45, 2.75) is 26.3 Å². The van der Waals surface area contributed by atoms with Crippen molar-refractivity contribution in [2.75, 3.05) is 32.4 Å². The van der Waals surface area contributed by atoms with Crippen molar-refractivity contribution in [2.24, 2.45) is 0 Å². The molecule has 2 heterocycles. The van der Waals surface area contributed by atoms with E-state index in [2.05, 4.69) is 4.98 Å². The number of hydrogen-bond acceptors (Lipinski definition) is 4. The molecule has 21 heavy (non-hydrogen) atoms. The van der Waals surface area contributed by atoms with Crippen molar-refractivity contribution in [3.05, 3.63) is 18.2 Å². The first-order valence-corrected chi connectivity index (χ1v) is 8.89. The van der Waals surface area contributed by atoms with Gasteiger partial charge in [0.1, 0.15) is 11.9 Å². The predicted octanol–water partition coefficient (Wildman–Crippen LogP) is 0.246. The van der Waals surface area contributed by atoms with Crippen LogP contribution in [0.5, 0.6) is 0 Å². The van der Waals surface area contributed by atoms with E-state index in [9.17, 15) is 13.2 Å². The SMILES string of the molecule is Cc1nccn1[C@@H](C)C(=O)N1CCCN(S(C)(=O)=O)CC1. The molecule has 7 nitrogen and oxygen atoms in total. The topological polar surface area (TPSA) is 75.5 Å². The average molecular weight is 314 g/mol. The van der Waals surface area contributed by atoms with E-state index in [1.807, 2.05) is 18.4 Å². The minimum absolute atomic E-state index is 0.00597. The molecule has 0 bridgehead atoms. The Kier molecular flexibility index (Phi) is 4.67. The van der Waals surface area contributed by atoms with E-state index in [-0.39, 0.29) is 11.9 Å². The number of aryl methyl sites for hydroxylation is 1. The zero-order valence-corrected chi connectivity index (χ0v) is 13.5. The number of aromatic nitrogens is 2. The third kappa shape index (κ3) is 3.62. The van der Waals surface area contributed by atoms with E-state index in [1.54, 1.807) is 17.3 Å². The Bertz CT molecular complexity index is 611. The van der Waals surface area contributed by atoms with Gasteiger partial charge in [-0.15, -0.1) is 0 Å². The summed E-state index contributed by atoms with van der Waals surface area (Å²) < 4.78 is 26.5. The maximum Gasteiger partial charge on any atom is 0.245 e. The lowest BCUT2D eigenvalue weighted by Gasteiger charge is -2.25. The number of sulfonamides is 1. The fourth-order valence-electron chi connectivity index (χ4n) is 2.63. The van der Waals surface area contributed by atoms with Crippen LogP contribution in [0.25, 0.3) is 0 Å². The van der Waals surface area contributed by atoms with Gasteiger partial charge in [-0.05, 0) is 20.3 Å². The molecule has 2 rings (SSSR count). The highest BCUT2D eigenvalue weighted by atomic mass is 32.2. The lowest BCUT2D eigenvalue weighted by molar-refractivity contribution is -0.134. The second-order valence-electron chi connectivity index (χ2n) is 5.40. The summed E-state index contributed by atoms with van der Waals surface area (Å²) in [7, 11) is -3.19. The van der Waals surface area contributed by atoms with Crippen LogP contribution >= 0.6 is 0 Å². The number of carbonyl (C=O) groups is 1. The lowest BCUT2D eigenvalue weighted by atomic mass is 10.2. The largest absolute Gasteiger partial charge is 0.340 e. The van der Waals surface area contributed by atoms with Crippen molar-refractivity contribution >= 4 is 15.9 Å². The van der Waals surface area contributed by atoms with E-state index in [1.165, 1.54) is 10.6 Å². The van der Waals surface area contributed by atoms with Gasteiger partial charge in [-0.1, -0.05) is 0 Å². The van der Waals surface area contributed by atoms with Gasteiger partial charge in [0.05, 0.1) is 6.26 Å². The highest BCUT2D eigenvalue weighted by Gasteiger charge is 2.27.